The molecule has 0 saturated heterocycles. The van der Waals surface area contributed by atoms with Crippen LogP contribution in [0.25, 0.3) is 22.6 Å². The van der Waals surface area contributed by atoms with Crippen LogP contribution in [0, 0.1) is 6.92 Å². The van der Waals surface area contributed by atoms with E-state index in [1.165, 1.54) is 6.07 Å². The third kappa shape index (κ3) is 3.72. The average molecular weight is 432 g/mol. The molecule has 0 saturated carbocycles. The van der Waals surface area contributed by atoms with Crippen LogP contribution in [0.2, 0.25) is 15.1 Å². The summed E-state index contributed by atoms with van der Waals surface area (Å²) >= 11 is 18.1. The molecule has 0 bridgehead atoms. The number of aryl methyl sites for hydroxylation is 1. The van der Waals surface area contributed by atoms with E-state index in [9.17, 15) is 4.79 Å². The number of rotatable bonds is 3. The van der Waals surface area contributed by atoms with Gasteiger partial charge in [-0.15, -0.1) is 0 Å². The van der Waals surface area contributed by atoms with E-state index in [0.717, 1.165) is 11.1 Å². The second kappa shape index (κ2) is 7.47. The van der Waals surface area contributed by atoms with E-state index in [4.69, 9.17) is 39.2 Å². The Bertz CT molecular complexity index is 1220. The quantitative estimate of drug-likeness (QED) is 0.379. The first kappa shape index (κ1) is 18.8. The van der Waals surface area contributed by atoms with Crippen LogP contribution in [-0.2, 0) is 0 Å². The molecule has 0 aliphatic rings. The van der Waals surface area contributed by atoms with Gasteiger partial charge in [0.2, 0.25) is 5.89 Å². The summed E-state index contributed by atoms with van der Waals surface area (Å²) in [5, 5.41) is 4.22. The Kier molecular flexibility index (Phi) is 5.02. The van der Waals surface area contributed by atoms with Crippen molar-refractivity contribution in [1.29, 1.82) is 0 Å². The van der Waals surface area contributed by atoms with Crippen molar-refractivity contribution in [2.45, 2.75) is 6.92 Å². The molecule has 0 radical (unpaired) electrons. The monoisotopic (exact) mass is 430 g/mol. The minimum Gasteiger partial charge on any atom is -0.436 e. The molecule has 3 aromatic carbocycles. The van der Waals surface area contributed by atoms with Crippen molar-refractivity contribution in [3.05, 3.63) is 80.8 Å². The number of halogens is 3. The number of anilines is 1. The van der Waals surface area contributed by atoms with Crippen LogP contribution in [0.3, 0.4) is 0 Å². The predicted octanol–water partition coefficient (Wildman–Crippen LogP) is 7.02. The van der Waals surface area contributed by atoms with E-state index in [2.05, 4.69) is 10.3 Å². The maximum Gasteiger partial charge on any atom is 0.257 e. The highest BCUT2D eigenvalue weighted by molar-refractivity contribution is 6.36. The second-order valence-electron chi connectivity index (χ2n) is 6.24. The maximum atomic E-state index is 12.7. The fraction of sp³-hybridized carbons (Fsp3) is 0.0476. The zero-order valence-electron chi connectivity index (χ0n) is 14.6. The van der Waals surface area contributed by atoms with Gasteiger partial charge in [0.05, 0.1) is 10.6 Å². The molecule has 1 aromatic heterocycles. The Morgan fingerprint density at radius 1 is 0.964 bits per heavy atom. The number of amides is 1. The summed E-state index contributed by atoms with van der Waals surface area (Å²) in [4.78, 5) is 17.1. The first-order valence-electron chi connectivity index (χ1n) is 8.34. The van der Waals surface area contributed by atoms with Gasteiger partial charge < -0.3 is 9.73 Å². The summed E-state index contributed by atoms with van der Waals surface area (Å²) in [5.74, 6) is 0.0886. The highest BCUT2D eigenvalue weighted by atomic mass is 35.5. The Balaban J connectivity index is 1.68. The van der Waals surface area contributed by atoms with Crippen LogP contribution < -0.4 is 5.32 Å². The average Bonchev–Trinajstić information content (AvgIpc) is 3.08. The first-order valence-corrected chi connectivity index (χ1v) is 9.47. The van der Waals surface area contributed by atoms with E-state index in [1.807, 2.05) is 19.1 Å². The predicted molar refractivity (Wildman–Crippen MR) is 114 cm³/mol. The van der Waals surface area contributed by atoms with Crippen molar-refractivity contribution >= 4 is 57.5 Å². The number of hydrogen-bond donors (Lipinski definition) is 1. The van der Waals surface area contributed by atoms with Crippen molar-refractivity contribution in [2.75, 3.05) is 5.32 Å². The first-order chi connectivity index (χ1) is 13.4. The topological polar surface area (TPSA) is 55.1 Å². The van der Waals surface area contributed by atoms with Gasteiger partial charge in [0, 0.05) is 21.3 Å². The van der Waals surface area contributed by atoms with Gasteiger partial charge in [-0.3, -0.25) is 4.79 Å². The van der Waals surface area contributed by atoms with E-state index >= 15 is 0 Å². The van der Waals surface area contributed by atoms with Gasteiger partial charge in [0.1, 0.15) is 5.52 Å². The van der Waals surface area contributed by atoms with Gasteiger partial charge in [-0.25, -0.2) is 4.98 Å². The van der Waals surface area contributed by atoms with Crippen LogP contribution in [-0.4, -0.2) is 10.9 Å². The van der Waals surface area contributed by atoms with Crippen molar-refractivity contribution in [1.82, 2.24) is 4.98 Å². The van der Waals surface area contributed by atoms with Gasteiger partial charge in [-0.1, -0.05) is 40.9 Å². The molecule has 7 heteroatoms. The van der Waals surface area contributed by atoms with E-state index in [-0.39, 0.29) is 5.91 Å². The molecular weight excluding hydrogens is 419 g/mol. The Morgan fingerprint density at radius 2 is 1.71 bits per heavy atom. The lowest BCUT2D eigenvalue weighted by Gasteiger charge is -2.11. The highest BCUT2D eigenvalue weighted by Gasteiger charge is 2.15. The van der Waals surface area contributed by atoms with E-state index < -0.39 is 0 Å². The van der Waals surface area contributed by atoms with Gasteiger partial charge in [0.25, 0.3) is 5.91 Å². The minimum absolute atomic E-state index is 0.301. The summed E-state index contributed by atoms with van der Waals surface area (Å²) < 4.78 is 5.81. The second-order valence-corrected chi connectivity index (χ2v) is 7.52. The summed E-state index contributed by atoms with van der Waals surface area (Å²) in [6.07, 6.45) is 0. The highest BCUT2D eigenvalue weighted by Crippen LogP contribution is 2.30. The lowest BCUT2D eigenvalue weighted by molar-refractivity contribution is 0.102. The van der Waals surface area contributed by atoms with Crippen molar-refractivity contribution in [3.63, 3.8) is 0 Å². The molecule has 28 heavy (non-hydrogen) atoms. The van der Waals surface area contributed by atoms with Crippen molar-refractivity contribution < 1.29 is 9.21 Å². The number of nitrogens with zero attached hydrogens (tertiary/aromatic N) is 1. The molecule has 4 rings (SSSR count). The molecule has 0 spiro atoms. The van der Waals surface area contributed by atoms with E-state index in [0.29, 0.717) is 43.3 Å². The van der Waals surface area contributed by atoms with Gasteiger partial charge in [-0.2, -0.15) is 0 Å². The SMILES string of the molecule is Cc1ccc(-c2nc3cc(Cl)ccc3o2)cc1NC(=O)c1cc(Cl)ccc1Cl. The van der Waals surface area contributed by atoms with Gasteiger partial charge in [0.15, 0.2) is 5.58 Å². The summed E-state index contributed by atoms with van der Waals surface area (Å²) in [6, 6.07) is 15.6. The number of fused-ring (bicyclic) bond motifs is 1. The van der Waals surface area contributed by atoms with Crippen LogP contribution in [0.1, 0.15) is 15.9 Å². The fourth-order valence-electron chi connectivity index (χ4n) is 2.77. The molecule has 1 N–H and O–H groups in total. The molecule has 1 amide bonds. The molecule has 1 heterocycles. The largest absolute Gasteiger partial charge is 0.436 e. The number of benzene rings is 3. The summed E-state index contributed by atoms with van der Waals surface area (Å²) in [5.41, 5.74) is 3.84. The van der Waals surface area contributed by atoms with Crippen LogP contribution in [0.4, 0.5) is 5.69 Å². The molecule has 4 aromatic rings. The van der Waals surface area contributed by atoms with Crippen LogP contribution >= 0.6 is 34.8 Å². The number of aromatic nitrogens is 1. The molecule has 0 aliphatic heterocycles. The molecule has 4 nitrogen and oxygen atoms in total. The number of oxazole rings is 1. The lowest BCUT2D eigenvalue weighted by atomic mass is 10.1. The van der Waals surface area contributed by atoms with Crippen LogP contribution in [0.5, 0.6) is 0 Å². The standard InChI is InChI=1S/C21H13Cl3N2O2/c1-11-2-3-12(21-26-18-10-14(23)5-7-19(18)28-21)8-17(11)25-20(27)15-9-13(22)4-6-16(15)24/h2-10H,1H3,(H,25,27). The normalized spacial score (nSPS) is 11.0. The molecule has 0 atom stereocenters. The molecule has 0 fully saturated rings. The Hall–Kier alpha value is -2.53. The number of carbonyl (C=O) groups is 1. The molecule has 140 valence electrons. The van der Waals surface area contributed by atoms with Crippen LogP contribution in [0.15, 0.2) is 59.0 Å². The Labute approximate surface area is 176 Å². The Morgan fingerprint density at radius 3 is 2.54 bits per heavy atom. The zero-order chi connectivity index (χ0) is 19.8. The maximum absolute atomic E-state index is 12.7. The van der Waals surface area contributed by atoms with E-state index in [1.54, 1.807) is 36.4 Å². The van der Waals surface area contributed by atoms with Crippen molar-refractivity contribution in [2.24, 2.45) is 0 Å². The van der Waals surface area contributed by atoms with Gasteiger partial charge >= 0.3 is 0 Å². The third-order valence-electron chi connectivity index (χ3n) is 4.26. The lowest BCUT2D eigenvalue weighted by Crippen LogP contribution is -2.13. The van der Waals surface area contributed by atoms with Crippen molar-refractivity contribution in [3.8, 4) is 11.5 Å². The third-order valence-corrected chi connectivity index (χ3v) is 5.06. The fourth-order valence-corrected chi connectivity index (χ4v) is 3.32. The summed E-state index contributed by atoms with van der Waals surface area (Å²) in [6.45, 7) is 1.89. The number of carbonyl (C=O) groups excluding carboxylic acids is 1. The number of nitrogens with one attached hydrogen (secondary N) is 1. The van der Waals surface area contributed by atoms with Gasteiger partial charge in [-0.05, 0) is 61.0 Å². The smallest absolute Gasteiger partial charge is 0.257 e. The number of hydrogen-bond acceptors (Lipinski definition) is 3. The minimum atomic E-state index is -0.350. The summed E-state index contributed by atoms with van der Waals surface area (Å²) in [7, 11) is 0. The molecule has 0 aliphatic carbocycles. The molecule has 0 unspecified atom stereocenters. The zero-order valence-corrected chi connectivity index (χ0v) is 16.9. The molecular formula is C21H13Cl3N2O2.